The first-order valence-electron chi connectivity index (χ1n) is 5.35. The molecule has 0 bridgehead atoms. The summed E-state index contributed by atoms with van der Waals surface area (Å²) in [5, 5.41) is 10.2. The lowest BCUT2D eigenvalue weighted by Gasteiger charge is -2.10. The molecule has 1 aromatic heterocycles. The summed E-state index contributed by atoms with van der Waals surface area (Å²) in [7, 11) is 1.47. The number of nitrogen functional groups attached to an aromatic ring is 1. The fraction of sp³-hybridized carbons (Fsp3) is 0.0833. The minimum Gasteiger partial charge on any atom is -0.496 e. The highest BCUT2D eigenvalue weighted by Gasteiger charge is 2.16. The number of aromatic nitrogens is 2. The van der Waals surface area contributed by atoms with Crippen molar-refractivity contribution < 1.29 is 9.53 Å². The topological polar surface area (TPSA) is 90.1 Å². The Morgan fingerprint density at radius 1 is 1.32 bits per heavy atom. The van der Waals surface area contributed by atoms with Crippen LogP contribution in [0.4, 0.5) is 11.5 Å². The number of nitrogens with two attached hydrogens (primary N) is 1. The quantitative estimate of drug-likeness (QED) is 0.838. The number of carbonyl (C=O) groups excluding carboxylic acids is 1. The van der Waals surface area contributed by atoms with E-state index < -0.39 is 5.91 Å². The standard InChI is InChI=1S/C12H11ClN4O2/c1-19-8-4-2-3-7(14)11(8)12(18)15-10-6-5-9(13)16-17-10/h2-6H,14H2,1H3,(H,15,17,18). The Kier molecular flexibility index (Phi) is 3.82. The second kappa shape index (κ2) is 5.53. The molecule has 2 rings (SSSR count). The summed E-state index contributed by atoms with van der Waals surface area (Å²) in [6.45, 7) is 0. The van der Waals surface area contributed by atoms with Crippen molar-refractivity contribution in [3.8, 4) is 5.75 Å². The fourth-order valence-electron chi connectivity index (χ4n) is 1.52. The molecule has 3 N–H and O–H groups in total. The number of rotatable bonds is 3. The molecule has 0 fully saturated rings. The second-order valence-electron chi connectivity index (χ2n) is 3.62. The van der Waals surface area contributed by atoms with E-state index in [1.807, 2.05) is 0 Å². The number of methoxy groups -OCH3 is 1. The number of ether oxygens (including phenoxy) is 1. The predicted octanol–water partition coefficient (Wildman–Crippen LogP) is 1.97. The molecule has 6 nitrogen and oxygen atoms in total. The van der Waals surface area contributed by atoms with Crippen LogP contribution in [0.25, 0.3) is 0 Å². The van der Waals surface area contributed by atoms with Crippen molar-refractivity contribution in [2.45, 2.75) is 0 Å². The van der Waals surface area contributed by atoms with Gasteiger partial charge in [-0.2, -0.15) is 0 Å². The number of nitrogens with zero attached hydrogens (tertiary/aromatic N) is 2. The average molecular weight is 279 g/mol. The Hall–Kier alpha value is -2.34. The lowest BCUT2D eigenvalue weighted by atomic mass is 10.1. The van der Waals surface area contributed by atoms with Gasteiger partial charge in [-0.05, 0) is 24.3 Å². The molecule has 0 aliphatic rings. The minimum absolute atomic E-state index is 0.245. The Bertz CT molecular complexity index is 601. The van der Waals surface area contributed by atoms with Crippen LogP contribution < -0.4 is 15.8 Å². The smallest absolute Gasteiger partial charge is 0.262 e. The molecule has 19 heavy (non-hydrogen) atoms. The first kappa shape index (κ1) is 13.1. The van der Waals surface area contributed by atoms with E-state index in [9.17, 15) is 4.79 Å². The Morgan fingerprint density at radius 2 is 2.11 bits per heavy atom. The SMILES string of the molecule is COc1cccc(N)c1C(=O)Nc1ccc(Cl)nn1. The third-order valence-electron chi connectivity index (χ3n) is 2.38. The number of anilines is 2. The van der Waals surface area contributed by atoms with Crippen molar-refractivity contribution in [1.29, 1.82) is 0 Å². The van der Waals surface area contributed by atoms with E-state index >= 15 is 0 Å². The van der Waals surface area contributed by atoms with Gasteiger partial charge in [0.05, 0.1) is 7.11 Å². The van der Waals surface area contributed by atoms with E-state index in [0.29, 0.717) is 11.4 Å². The maximum absolute atomic E-state index is 12.1. The average Bonchev–Trinajstić information content (AvgIpc) is 2.40. The van der Waals surface area contributed by atoms with E-state index in [1.165, 1.54) is 13.2 Å². The van der Waals surface area contributed by atoms with Crippen LogP contribution in [0.15, 0.2) is 30.3 Å². The molecule has 1 amide bonds. The molecule has 0 spiro atoms. The van der Waals surface area contributed by atoms with E-state index in [4.69, 9.17) is 22.1 Å². The molecule has 0 saturated heterocycles. The fourth-order valence-corrected chi connectivity index (χ4v) is 1.62. The zero-order valence-electron chi connectivity index (χ0n) is 10.1. The normalized spacial score (nSPS) is 10.0. The van der Waals surface area contributed by atoms with Crippen LogP contribution in [0.1, 0.15) is 10.4 Å². The van der Waals surface area contributed by atoms with Gasteiger partial charge in [-0.3, -0.25) is 4.79 Å². The van der Waals surface area contributed by atoms with Gasteiger partial charge < -0.3 is 15.8 Å². The number of hydrogen-bond donors (Lipinski definition) is 2. The number of halogens is 1. The maximum atomic E-state index is 12.1. The lowest BCUT2D eigenvalue weighted by Crippen LogP contribution is -2.16. The summed E-state index contributed by atoms with van der Waals surface area (Å²) in [5.41, 5.74) is 6.35. The highest BCUT2D eigenvalue weighted by molar-refractivity contribution is 6.29. The Labute approximate surface area is 114 Å². The molecule has 0 saturated carbocycles. The summed E-state index contributed by atoms with van der Waals surface area (Å²) in [5.74, 6) is 0.241. The van der Waals surface area contributed by atoms with Crippen LogP contribution in [0.5, 0.6) is 5.75 Å². The number of nitrogens with one attached hydrogen (secondary N) is 1. The summed E-state index contributed by atoms with van der Waals surface area (Å²) in [4.78, 5) is 12.1. The van der Waals surface area contributed by atoms with E-state index in [0.717, 1.165) is 0 Å². The van der Waals surface area contributed by atoms with Crippen molar-refractivity contribution >= 4 is 29.0 Å². The summed E-state index contributed by atoms with van der Waals surface area (Å²) < 4.78 is 5.11. The van der Waals surface area contributed by atoms with Gasteiger partial charge in [0.2, 0.25) is 0 Å². The molecule has 7 heteroatoms. The monoisotopic (exact) mass is 278 g/mol. The van der Waals surface area contributed by atoms with Crippen LogP contribution in [-0.4, -0.2) is 23.2 Å². The molecule has 0 radical (unpaired) electrons. The van der Waals surface area contributed by atoms with Crippen LogP contribution in [0.3, 0.4) is 0 Å². The zero-order valence-corrected chi connectivity index (χ0v) is 10.8. The third kappa shape index (κ3) is 2.92. The molecule has 0 atom stereocenters. The first-order valence-corrected chi connectivity index (χ1v) is 5.72. The van der Waals surface area contributed by atoms with E-state index in [-0.39, 0.29) is 16.5 Å². The molecule has 0 unspecified atom stereocenters. The minimum atomic E-state index is -0.424. The molecule has 2 aromatic rings. The summed E-state index contributed by atoms with van der Waals surface area (Å²) in [6, 6.07) is 8.03. The number of amides is 1. The van der Waals surface area contributed by atoms with Gasteiger partial charge in [-0.25, -0.2) is 0 Å². The third-order valence-corrected chi connectivity index (χ3v) is 2.58. The van der Waals surface area contributed by atoms with Gasteiger partial charge in [0.25, 0.3) is 5.91 Å². The Morgan fingerprint density at radius 3 is 2.74 bits per heavy atom. The van der Waals surface area contributed by atoms with Gasteiger partial charge in [0.15, 0.2) is 11.0 Å². The van der Waals surface area contributed by atoms with Gasteiger partial charge in [0, 0.05) is 5.69 Å². The molecule has 1 aromatic carbocycles. The first-order chi connectivity index (χ1) is 9.11. The Balaban J connectivity index is 2.27. The maximum Gasteiger partial charge on any atom is 0.262 e. The van der Waals surface area contributed by atoms with Crippen molar-refractivity contribution in [1.82, 2.24) is 10.2 Å². The molecule has 1 heterocycles. The zero-order chi connectivity index (χ0) is 13.8. The molecule has 98 valence electrons. The van der Waals surface area contributed by atoms with E-state index in [1.54, 1.807) is 24.3 Å². The lowest BCUT2D eigenvalue weighted by molar-refractivity contribution is 0.102. The summed E-state index contributed by atoms with van der Waals surface area (Å²) >= 11 is 5.61. The van der Waals surface area contributed by atoms with Gasteiger partial charge >= 0.3 is 0 Å². The van der Waals surface area contributed by atoms with Gasteiger partial charge in [-0.1, -0.05) is 17.7 Å². The van der Waals surface area contributed by atoms with Gasteiger partial charge in [-0.15, -0.1) is 10.2 Å². The summed E-state index contributed by atoms with van der Waals surface area (Å²) in [6.07, 6.45) is 0. The van der Waals surface area contributed by atoms with Crippen LogP contribution in [0, 0.1) is 0 Å². The van der Waals surface area contributed by atoms with Crippen molar-refractivity contribution in [3.63, 3.8) is 0 Å². The largest absolute Gasteiger partial charge is 0.496 e. The number of carbonyl (C=O) groups is 1. The van der Waals surface area contributed by atoms with Crippen LogP contribution in [-0.2, 0) is 0 Å². The van der Waals surface area contributed by atoms with Gasteiger partial charge in [0.1, 0.15) is 11.3 Å². The van der Waals surface area contributed by atoms with Crippen molar-refractivity contribution in [2.75, 3.05) is 18.2 Å². The van der Waals surface area contributed by atoms with Crippen molar-refractivity contribution in [2.24, 2.45) is 0 Å². The highest BCUT2D eigenvalue weighted by Crippen LogP contribution is 2.24. The van der Waals surface area contributed by atoms with Crippen LogP contribution >= 0.6 is 11.6 Å². The highest BCUT2D eigenvalue weighted by atomic mass is 35.5. The molecule has 0 aliphatic heterocycles. The van der Waals surface area contributed by atoms with Crippen molar-refractivity contribution in [3.05, 3.63) is 41.0 Å². The molecule has 0 aliphatic carbocycles. The molecular formula is C12H11ClN4O2. The van der Waals surface area contributed by atoms with E-state index in [2.05, 4.69) is 15.5 Å². The van der Waals surface area contributed by atoms with Crippen LogP contribution in [0.2, 0.25) is 5.15 Å². The number of benzene rings is 1. The predicted molar refractivity (Wildman–Crippen MR) is 72.4 cm³/mol. The second-order valence-corrected chi connectivity index (χ2v) is 4.01. The number of hydrogen-bond acceptors (Lipinski definition) is 5. The molecular weight excluding hydrogens is 268 g/mol.